The van der Waals surface area contributed by atoms with E-state index < -0.39 is 0 Å². The van der Waals surface area contributed by atoms with Gasteiger partial charge < -0.3 is 9.64 Å². The van der Waals surface area contributed by atoms with Crippen molar-refractivity contribution < 1.29 is 4.74 Å². The number of aromatic nitrogens is 1. The van der Waals surface area contributed by atoms with Crippen LogP contribution >= 0.6 is 0 Å². The third-order valence-corrected chi connectivity index (χ3v) is 5.07. The zero-order chi connectivity index (χ0) is 17.9. The highest BCUT2D eigenvalue weighted by Gasteiger charge is 2.20. The smallest absolute Gasteiger partial charge is 0.121 e. The molecule has 26 heavy (non-hydrogen) atoms. The van der Waals surface area contributed by atoms with Crippen molar-refractivity contribution in [1.29, 1.82) is 0 Å². The van der Waals surface area contributed by atoms with Crippen molar-refractivity contribution in [2.45, 2.75) is 13.5 Å². The van der Waals surface area contributed by atoms with Crippen LogP contribution in [-0.4, -0.2) is 43.2 Å². The van der Waals surface area contributed by atoms with Gasteiger partial charge in [0, 0.05) is 50.4 Å². The standard InChI is InChI=1S/C22H25N3O/c1-17-12-19-13-20(26-2)14-21(22(19)23-15-17)25-10-8-24(9-11-25)16-18-6-4-3-5-7-18/h3-7,12-15H,8-11,16H2,1-2H3. The second-order valence-corrected chi connectivity index (χ2v) is 6.98. The molecule has 0 unspecified atom stereocenters. The Morgan fingerprint density at radius 1 is 1.00 bits per heavy atom. The lowest BCUT2D eigenvalue weighted by Crippen LogP contribution is -2.46. The van der Waals surface area contributed by atoms with Crippen LogP contribution in [0.3, 0.4) is 0 Å². The second kappa shape index (κ2) is 7.34. The number of piperazine rings is 1. The molecule has 0 atom stereocenters. The normalized spacial score (nSPS) is 15.4. The van der Waals surface area contributed by atoms with Crippen molar-refractivity contribution in [2.75, 3.05) is 38.2 Å². The number of pyridine rings is 1. The van der Waals surface area contributed by atoms with Gasteiger partial charge in [0.2, 0.25) is 0 Å². The van der Waals surface area contributed by atoms with Gasteiger partial charge in [-0.05, 0) is 30.2 Å². The van der Waals surface area contributed by atoms with Crippen molar-refractivity contribution in [2.24, 2.45) is 0 Å². The van der Waals surface area contributed by atoms with Crippen LogP contribution in [0.1, 0.15) is 11.1 Å². The Labute approximate surface area is 155 Å². The van der Waals surface area contributed by atoms with Crippen LogP contribution in [0.4, 0.5) is 5.69 Å². The summed E-state index contributed by atoms with van der Waals surface area (Å²) in [6.07, 6.45) is 1.95. The van der Waals surface area contributed by atoms with Crippen LogP contribution in [0, 0.1) is 6.92 Å². The van der Waals surface area contributed by atoms with E-state index in [-0.39, 0.29) is 0 Å². The lowest BCUT2D eigenvalue weighted by molar-refractivity contribution is 0.250. The lowest BCUT2D eigenvalue weighted by atomic mass is 10.1. The molecule has 1 aliphatic rings. The van der Waals surface area contributed by atoms with Gasteiger partial charge in [-0.15, -0.1) is 0 Å². The van der Waals surface area contributed by atoms with E-state index in [0.717, 1.165) is 49.4 Å². The van der Waals surface area contributed by atoms with Gasteiger partial charge in [-0.3, -0.25) is 9.88 Å². The first-order valence-electron chi connectivity index (χ1n) is 9.18. The number of rotatable bonds is 4. The molecule has 2 heterocycles. The summed E-state index contributed by atoms with van der Waals surface area (Å²) in [5.41, 5.74) is 4.79. The van der Waals surface area contributed by atoms with Crippen LogP contribution in [0.25, 0.3) is 10.9 Å². The number of fused-ring (bicyclic) bond motifs is 1. The van der Waals surface area contributed by atoms with E-state index in [1.807, 2.05) is 6.20 Å². The maximum absolute atomic E-state index is 5.53. The Morgan fingerprint density at radius 2 is 1.77 bits per heavy atom. The summed E-state index contributed by atoms with van der Waals surface area (Å²) in [5, 5.41) is 1.14. The number of ether oxygens (including phenoxy) is 1. The summed E-state index contributed by atoms with van der Waals surface area (Å²) < 4.78 is 5.53. The van der Waals surface area contributed by atoms with Gasteiger partial charge in [0.1, 0.15) is 5.75 Å². The van der Waals surface area contributed by atoms with Gasteiger partial charge in [-0.25, -0.2) is 0 Å². The molecule has 0 saturated carbocycles. The number of methoxy groups -OCH3 is 1. The molecule has 1 aliphatic heterocycles. The second-order valence-electron chi connectivity index (χ2n) is 6.98. The Kier molecular flexibility index (Phi) is 4.76. The minimum Gasteiger partial charge on any atom is -0.497 e. The minimum atomic E-state index is 0.895. The van der Waals surface area contributed by atoms with Crippen molar-refractivity contribution in [3.05, 3.63) is 65.9 Å². The van der Waals surface area contributed by atoms with Crippen LogP contribution < -0.4 is 9.64 Å². The Hall–Kier alpha value is -2.59. The number of nitrogens with zero attached hydrogens (tertiary/aromatic N) is 3. The van der Waals surface area contributed by atoms with Crippen LogP contribution in [0.5, 0.6) is 5.75 Å². The van der Waals surface area contributed by atoms with Crippen LogP contribution in [0.2, 0.25) is 0 Å². The molecule has 4 heteroatoms. The maximum atomic E-state index is 5.53. The third-order valence-electron chi connectivity index (χ3n) is 5.07. The summed E-state index contributed by atoms with van der Waals surface area (Å²) in [6.45, 7) is 7.22. The molecule has 0 aliphatic carbocycles. The molecular weight excluding hydrogens is 322 g/mol. The summed E-state index contributed by atoms with van der Waals surface area (Å²) in [4.78, 5) is 9.67. The highest BCUT2D eigenvalue weighted by atomic mass is 16.5. The molecule has 0 amide bonds. The van der Waals surface area contributed by atoms with Gasteiger partial charge in [0.05, 0.1) is 18.3 Å². The molecule has 0 spiro atoms. The molecular formula is C22H25N3O. The number of anilines is 1. The van der Waals surface area contributed by atoms with Crippen LogP contribution in [0.15, 0.2) is 54.7 Å². The topological polar surface area (TPSA) is 28.6 Å². The average molecular weight is 347 g/mol. The fourth-order valence-electron chi connectivity index (χ4n) is 3.66. The molecule has 0 N–H and O–H groups in total. The Morgan fingerprint density at radius 3 is 2.50 bits per heavy atom. The predicted molar refractivity (Wildman–Crippen MR) is 107 cm³/mol. The maximum Gasteiger partial charge on any atom is 0.121 e. The molecule has 3 aromatic rings. The monoisotopic (exact) mass is 347 g/mol. The van der Waals surface area contributed by atoms with Crippen molar-refractivity contribution in [3.8, 4) is 5.75 Å². The van der Waals surface area contributed by atoms with E-state index in [1.165, 1.54) is 16.8 Å². The van der Waals surface area contributed by atoms with Crippen molar-refractivity contribution in [3.63, 3.8) is 0 Å². The van der Waals surface area contributed by atoms with E-state index in [4.69, 9.17) is 9.72 Å². The van der Waals surface area contributed by atoms with Gasteiger partial charge in [-0.1, -0.05) is 30.3 Å². The Bertz CT molecular complexity index is 887. The predicted octanol–water partition coefficient (Wildman–Crippen LogP) is 3.87. The summed E-state index contributed by atoms with van der Waals surface area (Å²) >= 11 is 0. The zero-order valence-corrected chi connectivity index (χ0v) is 15.5. The summed E-state index contributed by atoms with van der Waals surface area (Å²) in [5.74, 6) is 0.895. The van der Waals surface area contributed by atoms with Gasteiger partial charge >= 0.3 is 0 Å². The van der Waals surface area contributed by atoms with Gasteiger partial charge in [0.25, 0.3) is 0 Å². The van der Waals surface area contributed by atoms with Crippen molar-refractivity contribution in [1.82, 2.24) is 9.88 Å². The highest BCUT2D eigenvalue weighted by molar-refractivity contribution is 5.92. The molecule has 1 saturated heterocycles. The minimum absolute atomic E-state index is 0.895. The number of hydrogen-bond donors (Lipinski definition) is 0. The molecule has 1 aromatic heterocycles. The number of aryl methyl sites for hydroxylation is 1. The molecule has 134 valence electrons. The molecule has 0 radical (unpaired) electrons. The van der Waals surface area contributed by atoms with Crippen LogP contribution in [-0.2, 0) is 6.54 Å². The largest absolute Gasteiger partial charge is 0.497 e. The molecule has 2 aromatic carbocycles. The lowest BCUT2D eigenvalue weighted by Gasteiger charge is -2.36. The summed E-state index contributed by atoms with van der Waals surface area (Å²) in [7, 11) is 1.73. The third kappa shape index (κ3) is 3.51. The van der Waals surface area contributed by atoms with Gasteiger partial charge in [-0.2, -0.15) is 0 Å². The van der Waals surface area contributed by atoms with E-state index in [2.05, 4.69) is 65.3 Å². The average Bonchev–Trinajstić information content (AvgIpc) is 2.68. The fraction of sp³-hybridized carbons (Fsp3) is 0.318. The zero-order valence-electron chi connectivity index (χ0n) is 15.5. The first-order valence-corrected chi connectivity index (χ1v) is 9.18. The Balaban J connectivity index is 1.54. The van der Waals surface area contributed by atoms with E-state index in [0.29, 0.717) is 0 Å². The fourth-order valence-corrected chi connectivity index (χ4v) is 3.66. The molecule has 0 bridgehead atoms. The van der Waals surface area contributed by atoms with Crippen molar-refractivity contribution >= 4 is 16.6 Å². The SMILES string of the molecule is COc1cc(N2CCN(Cc3ccccc3)CC2)c2ncc(C)cc2c1. The van der Waals surface area contributed by atoms with E-state index in [9.17, 15) is 0 Å². The molecule has 4 nitrogen and oxygen atoms in total. The first kappa shape index (κ1) is 16.9. The first-order chi connectivity index (χ1) is 12.7. The summed E-state index contributed by atoms with van der Waals surface area (Å²) in [6, 6.07) is 17.1. The molecule has 4 rings (SSSR count). The van der Waals surface area contributed by atoms with E-state index >= 15 is 0 Å². The number of hydrogen-bond acceptors (Lipinski definition) is 4. The van der Waals surface area contributed by atoms with E-state index in [1.54, 1.807) is 7.11 Å². The number of benzene rings is 2. The molecule has 1 fully saturated rings. The quantitative estimate of drug-likeness (QED) is 0.716. The highest BCUT2D eigenvalue weighted by Crippen LogP contribution is 2.31. The van der Waals surface area contributed by atoms with Gasteiger partial charge in [0.15, 0.2) is 0 Å².